The van der Waals surface area contributed by atoms with Gasteiger partial charge in [0.2, 0.25) is 17.7 Å². The number of amides is 3. The molecule has 0 aliphatic heterocycles. The summed E-state index contributed by atoms with van der Waals surface area (Å²) < 4.78 is 4.89. The summed E-state index contributed by atoms with van der Waals surface area (Å²) in [6.07, 6.45) is 0.755. The molecular weight excluding hydrogens is 552 g/mol. The Labute approximate surface area is 249 Å². The molecule has 3 amide bonds. The van der Waals surface area contributed by atoms with E-state index in [1.807, 2.05) is 42.5 Å². The first kappa shape index (κ1) is 32.4. The van der Waals surface area contributed by atoms with E-state index in [1.165, 1.54) is 26.2 Å². The Morgan fingerprint density at radius 1 is 0.814 bits per heavy atom. The van der Waals surface area contributed by atoms with Gasteiger partial charge in [-0.25, -0.2) is 4.79 Å². The molecule has 43 heavy (non-hydrogen) atoms. The highest BCUT2D eigenvalue weighted by atomic mass is 16.5. The zero-order chi connectivity index (χ0) is 31.4. The Bertz CT molecular complexity index is 1450. The molecule has 0 unspecified atom stereocenters. The highest BCUT2D eigenvalue weighted by Crippen LogP contribution is 2.17. The Balaban J connectivity index is 1.80. The number of ether oxygens (including phenoxy) is 1. The highest BCUT2D eigenvalue weighted by molar-refractivity contribution is 5.93. The number of phenols is 1. The smallest absolute Gasteiger partial charge is 0.328 e. The zero-order valence-corrected chi connectivity index (χ0v) is 24.2. The second-order valence-corrected chi connectivity index (χ2v) is 10.1. The standard InChI is InChI=1S/C31H38N6O6/c1-19(38)35-26(18-21-9-12-22-6-3-4-7-23(22)16-21)29(41)36-25(8-5-15-34-31(32)33)28(40)37-27(30(42)43-2)17-20-10-13-24(39)14-11-20/h3-4,6-7,9-14,16,25-27,39H,5,8,15,17-18H2,1-2H3,(H,35,38)(H,36,41)(H,37,40)(H4,32,33,34)/t25-,26-,27-/m0/s1. The quantitative estimate of drug-likeness (QED) is 0.0692. The lowest BCUT2D eigenvalue weighted by Gasteiger charge is -2.25. The molecule has 0 heterocycles. The van der Waals surface area contributed by atoms with Crippen molar-refractivity contribution >= 4 is 40.4 Å². The van der Waals surface area contributed by atoms with Gasteiger partial charge in [0.05, 0.1) is 7.11 Å². The Morgan fingerprint density at radius 2 is 1.42 bits per heavy atom. The average Bonchev–Trinajstić information content (AvgIpc) is 2.98. The van der Waals surface area contributed by atoms with Crippen molar-refractivity contribution in [3.63, 3.8) is 0 Å². The van der Waals surface area contributed by atoms with Crippen LogP contribution in [0.25, 0.3) is 10.8 Å². The van der Waals surface area contributed by atoms with E-state index in [0.717, 1.165) is 16.3 Å². The van der Waals surface area contributed by atoms with Crippen LogP contribution in [0.1, 0.15) is 30.9 Å². The number of guanidine groups is 1. The zero-order valence-electron chi connectivity index (χ0n) is 24.2. The van der Waals surface area contributed by atoms with E-state index in [9.17, 15) is 24.3 Å². The van der Waals surface area contributed by atoms with Gasteiger partial charge in [-0.1, -0.05) is 54.6 Å². The first-order chi connectivity index (χ1) is 20.5. The molecule has 0 aliphatic rings. The molecule has 0 fully saturated rings. The van der Waals surface area contributed by atoms with Crippen molar-refractivity contribution in [3.8, 4) is 5.75 Å². The van der Waals surface area contributed by atoms with Crippen LogP contribution in [0.4, 0.5) is 0 Å². The summed E-state index contributed by atoms with van der Waals surface area (Å²) in [5, 5.41) is 19.7. The number of fused-ring (bicyclic) bond motifs is 1. The maximum Gasteiger partial charge on any atom is 0.328 e. The van der Waals surface area contributed by atoms with Crippen LogP contribution >= 0.6 is 0 Å². The predicted molar refractivity (Wildman–Crippen MR) is 163 cm³/mol. The molecule has 0 aromatic heterocycles. The Hall–Kier alpha value is -5.13. The lowest BCUT2D eigenvalue weighted by molar-refractivity contribution is -0.145. The number of aromatic hydroxyl groups is 1. The molecule has 3 rings (SSSR count). The molecule has 3 atom stereocenters. The molecule has 0 saturated carbocycles. The normalized spacial score (nSPS) is 12.8. The Morgan fingerprint density at radius 3 is 2.07 bits per heavy atom. The number of aliphatic imine (C=N–C) groups is 1. The number of methoxy groups -OCH3 is 1. The first-order valence-corrected chi connectivity index (χ1v) is 13.8. The number of phenolic OH excluding ortho intramolecular Hbond substituents is 1. The lowest BCUT2D eigenvalue weighted by Crippen LogP contribution is -2.56. The number of carbonyl (C=O) groups is 4. The van der Waals surface area contributed by atoms with E-state index >= 15 is 0 Å². The number of carbonyl (C=O) groups excluding carboxylic acids is 4. The summed E-state index contributed by atoms with van der Waals surface area (Å²) in [5.41, 5.74) is 12.3. The first-order valence-electron chi connectivity index (χ1n) is 13.8. The van der Waals surface area contributed by atoms with Gasteiger partial charge in [-0.2, -0.15) is 0 Å². The summed E-state index contributed by atoms with van der Waals surface area (Å²) in [7, 11) is 1.21. The van der Waals surface area contributed by atoms with Crippen LogP contribution in [0, 0.1) is 0 Å². The van der Waals surface area contributed by atoms with E-state index in [4.69, 9.17) is 16.2 Å². The van der Waals surface area contributed by atoms with Crippen molar-refractivity contribution < 1.29 is 29.0 Å². The number of benzene rings is 3. The van der Waals surface area contributed by atoms with Crippen LogP contribution in [0.15, 0.2) is 71.7 Å². The maximum atomic E-state index is 13.5. The molecule has 8 N–H and O–H groups in total. The fourth-order valence-electron chi connectivity index (χ4n) is 4.58. The molecular formula is C31H38N6O6. The van der Waals surface area contributed by atoms with Gasteiger partial charge >= 0.3 is 5.97 Å². The maximum absolute atomic E-state index is 13.5. The second kappa shape index (κ2) is 15.8. The van der Waals surface area contributed by atoms with Crippen LogP contribution in [0.3, 0.4) is 0 Å². The van der Waals surface area contributed by atoms with E-state index in [-0.39, 0.29) is 37.5 Å². The number of nitrogens with two attached hydrogens (primary N) is 2. The van der Waals surface area contributed by atoms with E-state index < -0.39 is 41.8 Å². The summed E-state index contributed by atoms with van der Waals surface area (Å²) in [6, 6.07) is 16.6. The molecule has 3 aromatic carbocycles. The molecule has 12 nitrogen and oxygen atoms in total. The summed E-state index contributed by atoms with van der Waals surface area (Å²) in [6.45, 7) is 1.52. The van der Waals surface area contributed by atoms with Crippen molar-refractivity contribution in [1.29, 1.82) is 0 Å². The average molecular weight is 591 g/mol. The van der Waals surface area contributed by atoms with Crippen LogP contribution in [-0.4, -0.2) is 66.5 Å². The third kappa shape index (κ3) is 10.3. The van der Waals surface area contributed by atoms with Crippen LogP contribution in [0.2, 0.25) is 0 Å². The summed E-state index contributed by atoms with van der Waals surface area (Å²) >= 11 is 0. The minimum Gasteiger partial charge on any atom is -0.508 e. The van der Waals surface area contributed by atoms with E-state index in [2.05, 4.69) is 20.9 Å². The predicted octanol–water partition coefficient (Wildman–Crippen LogP) is 1.03. The fourth-order valence-corrected chi connectivity index (χ4v) is 4.58. The highest BCUT2D eigenvalue weighted by Gasteiger charge is 2.30. The second-order valence-electron chi connectivity index (χ2n) is 10.1. The third-order valence-electron chi connectivity index (χ3n) is 6.70. The van der Waals surface area contributed by atoms with Gasteiger partial charge in [0.1, 0.15) is 23.9 Å². The van der Waals surface area contributed by atoms with E-state index in [0.29, 0.717) is 12.0 Å². The third-order valence-corrected chi connectivity index (χ3v) is 6.70. The fraction of sp³-hybridized carbons (Fsp3) is 0.323. The molecule has 0 radical (unpaired) electrons. The largest absolute Gasteiger partial charge is 0.508 e. The topological polar surface area (TPSA) is 198 Å². The number of hydrogen-bond acceptors (Lipinski definition) is 7. The number of rotatable bonds is 14. The van der Waals surface area contributed by atoms with Gasteiger partial charge in [-0.3, -0.25) is 19.4 Å². The van der Waals surface area contributed by atoms with Gasteiger partial charge in [-0.05, 0) is 46.9 Å². The van der Waals surface area contributed by atoms with Crippen molar-refractivity contribution in [3.05, 3.63) is 77.9 Å². The molecule has 228 valence electrons. The molecule has 0 saturated heterocycles. The van der Waals surface area contributed by atoms with Gasteiger partial charge in [0, 0.05) is 26.3 Å². The molecule has 0 aliphatic carbocycles. The van der Waals surface area contributed by atoms with Gasteiger partial charge in [0.15, 0.2) is 5.96 Å². The minimum atomic E-state index is -1.08. The van der Waals surface area contributed by atoms with Crippen LogP contribution in [0.5, 0.6) is 5.75 Å². The SMILES string of the molecule is COC(=O)[C@H](Cc1ccc(O)cc1)NC(=O)[C@H](CCCN=C(N)N)NC(=O)[C@H](Cc1ccc2ccccc2c1)NC(C)=O. The number of nitrogens with one attached hydrogen (secondary N) is 3. The Kier molecular flexibility index (Phi) is 11.9. The lowest BCUT2D eigenvalue weighted by atomic mass is 10.0. The molecule has 3 aromatic rings. The summed E-state index contributed by atoms with van der Waals surface area (Å²) in [4.78, 5) is 55.5. The molecule has 12 heteroatoms. The van der Waals surface area contributed by atoms with Gasteiger partial charge < -0.3 is 37.3 Å². The van der Waals surface area contributed by atoms with Crippen LogP contribution < -0.4 is 27.4 Å². The van der Waals surface area contributed by atoms with Crippen molar-refractivity contribution in [2.45, 2.75) is 50.7 Å². The van der Waals surface area contributed by atoms with Crippen LogP contribution in [-0.2, 0) is 36.8 Å². The minimum absolute atomic E-state index is 0.0587. The number of esters is 1. The van der Waals surface area contributed by atoms with Gasteiger partial charge in [-0.15, -0.1) is 0 Å². The number of hydrogen-bond donors (Lipinski definition) is 6. The summed E-state index contributed by atoms with van der Waals surface area (Å²) in [5.74, 6) is -2.33. The molecule has 0 bridgehead atoms. The van der Waals surface area contributed by atoms with Crippen molar-refractivity contribution in [2.75, 3.05) is 13.7 Å². The monoisotopic (exact) mass is 590 g/mol. The van der Waals surface area contributed by atoms with Crippen molar-refractivity contribution in [2.24, 2.45) is 16.5 Å². The number of nitrogens with zero attached hydrogens (tertiary/aromatic N) is 1. The van der Waals surface area contributed by atoms with E-state index in [1.54, 1.807) is 12.1 Å². The van der Waals surface area contributed by atoms with Crippen molar-refractivity contribution in [1.82, 2.24) is 16.0 Å². The van der Waals surface area contributed by atoms with Gasteiger partial charge in [0.25, 0.3) is 0 Å². The molecule has 0 spiro atoms.